The molecule has 0 saturated heterocycles. The number of carbonyl (C=O) groups is 1. The molecule has 1 unspecified atom stereocenters. The Bertz CT molecular complexity index is 637. The molecule has 2 N–H and O–H groups in total. The summed E-state index contributed by atoms with van der Waals surface area (Å²) >= 11 is 0. The smallest absolute Gasteiger partial charge is 0.408 e. The van der Waals surface area contributed by atoms with E-state index in [1.54, 1.807) is 29.7 Å². The van der Waals surface area contributed by atoms with Crippen molar-refractivity contribution in [3.63, 3.8) is 0 Å². The minimum Gasteiger partial charge on any atom is -0.408 e. The van der Waals surface area contributed by atoms with Crippen molar-refractivity contribution in [1.82, 2.24) is 4.57 Å². The summed E-state index contributed by atoms with van der Waals surface area (Å²) in [5.74, 6) is -0.556. The van der Waals surface area contributed by atoms with Gasteiger partial charge in [-0.1, -0.05) is 6.92 Å². The topological polar surface area (TPSA) is 78.2 Å². The van der Waals surface area contributed by atoms with Crippen LogP contribution in [0, 0.1) is 0 Å². The molecule has 96 valence electrons. The molecule has 1 atom stereocenters. The largest absolute Gasteiger partial charge is 0.419 e. The second kappa shape index (κ2) is 4.78. The fourth-order valence-electron chi connectivity index (χ4n) is 1.92. The molecule has 0 aliphatic carbocycles. The quantitative estimate of drug-likeness (QED) is 0.832. The molecule has 1 heterocycles. The lowest BCUT2D eigenvalue weighted by Crippen LogP contribution is -2.26. The molecule has 18 heavy (non-hydrogen) atoms. The normalized spacial score (nSPS) is 12.8. The molecular weight excluding hydrogens is 232 g/mol. The third kappa shape index (κ3) is 2.09. The van der Waals surface area contributed by atoms with Gasteiger partial charge >= 0.3 is 5.76 Å². The molecule has 0 spiro atoms. The van der Waals surface area contributed by atoms with Gasteiger partial charge in [-0.05, 0) is 31.5 Å². The maximum atomic E-state index is 11.8. The summed E-state index contributed by atoms with van der Waals surface area (Å²) in [6, 6.07) is 4.42. The Labute approximate surface area is 104 Å². The maximum Gasteiger partial charge on any atom is 0.419 e. The third-order valence-electron chi connectivity index (χ3n) is 2.81. The van der Waals surface area contributed by atoms with Crippen molar-refractivity contribution in [1.29, 1.82) is 0 Å². The Morgan fingerprint density at radius 3 is 2.83 bits per heavy atom. The summed E-state index contributed by atoms with van der Waals surface area (Å²) < 4.78 is 6.70. The molecule has 5 nitrogen and oxygen atoms in total. The Morgan fingerprint density at radius 1 is 1.50 bits per heavy atom. The van der Waals surface area contributed by atoms with Crippen LogP contribution < -0.4 is 11.5 Å². The standard InChI is InChI=1S/C13H16N2O3/c1-3-6-15-10-5-4-9(12(16)8(2)14)7-11(10)18-13(15)17/h4-5,7-8H,3,6,14H2,1-2H3. The van der Waals surface area contributed by atoms with E-state index >= 15 is 0 Å². The van der Waals surface area contributed by atoms with Crippen molar-refractivity contribution in [2.24, 2.45) is 5.73 Å². The van der Waals surface area contributed by atoms with Gasteiger partial charge in [-0.3, -0.25) is 9.36 Å². The number of carbonyl (C=O) groups excluding carboxylic acids is 1. The molecule has 5 heteroatoms. The van der Waals surface area contributed by atoms with E-state index < -0.39 is 11.8 Å². The number of benzene rings is 1. The van der Waals surface area contributed by atoms with Crippen LogP contribution in [0.2, 0.25) is 0 Å². The van der Waals surface area contributed by atoms with Gasteiger partial charge in [0.15, 0.2) is 11.4 Å². The minimum absolute atomic E-state index is 0.164. The lowest BCUT2D eigenvalue weighted by molar-refractivity contribution is 0.0968. The number of ketones is 1. The lowest BCUT2D eigenvalue weighted by Gasteiger charge is -2.04. The molecular formula is C13H16N2O3. The van der Waals surface area contributed by atoms with Crippen LogP contribution >= 0.6 is 0 Å². The zero-order chi connectivity index (χ0) is 13.3. The van der Waals surface area contributed by atoms with Crippen LogP contribution in [-0.4, -0.2) is 16.4 Å². The number of nitrogens with zero attached hydrogens (tertiary/aromatic N) is 1. The van der Waals surface area contributed by atoms with E-state index in [0.717, 1.165) is 6.42 Å². The third-order valence-corrected chi connectivity index (χ3v) is 2.81. The second-order valence-electron chi connectivity index (χ2n) is 4.36. The zero-order valence-corrected chi connectivity index (χ0v) is 10.5. The van der Waals surface area contributed by atoms with Crippen LogP contribution in [0.4, 0.5) is 0 Å². The Morgan fingerprint density at radius 2 is 2.22 bits per heavy atom. The predicted octanol–water partition coefficient (Wildman–Crippen LogP) is 1.53. The van der Waals surface area contributed by atoms with E-state index in [9.17, 15) is 9.59 Å². The van der Waals surface area contributed by atoms with Crippen LogP contribution in [0.3, 0.4) is 0 Å². The summed E-state index contributed by atoms with van der Waals surface area (Å²) in [6.45, 7) is 4.22. The summed E-state index contributed by atoms with van der Waals surface area (Å²) in [4.78, 5) is 23.4. The van der Waals surface area contributed by atoms with E-state index in [-0.39, 0.29) is 5.78 Å². The number of aryl methyl sites for hydroxylation is 1. The minimum atomic E-state index is -0.563. The highest BCUT2D eigenvalue weighted by Crippen LogP contribution is 2.16. The molecule has 2 rings (SSSR count). The van der Waals surface area contributed by atoms with Gasteiger partial charge in [-0.15, -0.1) is 0 Å². The fraction of sp³-hybridized carbons (Fsp3) is 0.385. The van der Waals surface area contributed by atoms with Crippen molar-refractivity contribution in [2.45, 2.75) is 32.9 Å². The number of aromatic nitrogens is 1. The van der Waals surface area contributed by atoms with Crippen LogP contribution in [0.25, 0.3) is 11.1 Å². The average Bonchev–Trinajstić information content (AvgIpc) is 2.64. The molecule has 0 amide bonds. The van der Waals surface area contributed by atoms with E-state index in [0.29, 0.717) is 23.2 Å². The number of rotatable bonds is 4. The van der Waals surface area contributed by atoms with Crippen LogP contribution in [0.1, 0.15) is 30.6 Å². The van der Waals surface area contributed by atoms with E-state index in [1.165, 1.54) is 0 Å². The summed E-state index contributed by atoms with van der Waals surface area (Å²) in [5.41, 5.74) is 7.16. The van der Waals surface area contributed by atoms with Crippen molar-refractivity contribution >= 4 is 16.9 Å². The molecule has 0 saturated carbocycles. The Hall–Kier alpha value is -1.88. The van der Waals surface area contributed by atoms with Crippen LogP contribution in [0.15, 0.2) is 27.4 Å². The first-order valence-electron chi connectivity index (χ1n) is 5.97. The van der Waals surface area contributed by atoms with Crippen LogP contribution in [-0.2, 0) is 6.54 Å². The van der Waals surface area contributed by atoms with Gasteiger partial charge in [0.2, 0.25) is 0 Å². The molecule has 0 aliphatic heterocycles. The number of fused-ring (bicyclic) bond motifs is 1. The average molecular weight is 248 g/mol. The molecule has 2 aromatic rings. The Balaban J connectivity index is 2.54. The first kappa shape index (κ1) is 12.6. The van der Waals surface area contributed by atoms with Crippen LogP contribution in [0.5, 0.6) is 0 Å². The number of hydrogen-bond donors (Lipinski definition) is 1. The van der Waals surface area contributed by atoms with Gasteiger partial charge in [0.25, 0.3) is 0 Å². The number of oxazole rings is 1. The number of Topliss-reactive ketones (excluding diaryl/α,β-unsaturated/α-hetero) is 1. The van der Waals surface area contributed by atoms with Crippen molar-refractivity contribution in [2.75, 3.05) is 0 Å². The predicted molar refractivity (Wildman–Crippen MR) is 68.7 cm³/mol. The highest BCUT2D eigenvalue weighted by molar-refractivity contribution is 6.01. The van der Waals surface area contributed by atoms with E-state index in [2.05, 4.69) is 0 Å². The van der Waals surface area contributed by atoms with Gasteiger partial charge in [0.1, 0.15) is 0 Å². The highest BCUT2D eigenvalue weighted by atomic mass is 16.4. The first-order valence-corrected chi connectivity index (χ1v) is 5.97. The van der Waals surface area contributed by atoms with E-state index in [4.69, 9.17) is 10.2 Å². The molecule has 0 bridgehead atoms. The van der Waals surface area contributed by atoms with Gasteiger partial charge in [-0.25, -0.2) is 4.79 Å². The molecule has 1 aromatic carbocycles. The Kier molecular flexibility index (Phi) is 3.34. The summed E-state index contributed by atoms with van der Waals surface area (Å²) in [6.07, 6.45) is 0.842. The molecule has 0 fully saturated rings. The van der Waals surface area contributed by atoms with Crippen molar-refractivity contribution < 1.29 is 9.21 Å². The summed E-state index contributed by atoms with van der Waals surface area (Å²) in [7, 11) is 0. The number of hydrogen-bond acceptors (Lipinski definition) is 4. The maximum absolute atomic E-state index is 11.8. The van der Waals surface area contributed by atoms with Crippen molar-refractivity contribution in [3.05, 3.63) is 34.3 Å². The fourth-order valence-corrected chi connectivity index (χ4v) is 1.92. The highest BCUT2D eigenvalue weighted by Gasteiger charge is 2.14. The van der Waals surface area contributed by atoms with Gasteiger partial charge < -0.3 is 10.2 Å². The van der Waals surface area contributed by atoms with Crippen molar-refractivity contribution in [3.8, 4) is 0 Å². The monoisotopic (exact) mass is 248 g/mol. The van der Waals surface area contributed by atoms with Gasteiger partial charge in [-0.2, -0.15) is 0 Å². The lowest BCUT2D eigenvalue weighted by atomic mass is 10.1. The molecule has 0 aliphatic rings. The van der Waals surface area contributed by atoms with Gasteiger partial charge in [0, 0.05) is 12.1 Å². The van der Waals surface area contributed by atoms with E-state index in [1.807, 2.05) is 6.92 Å². The SMILES string of the molecule is CCCn1c(=O)oc2cc(C(=O)C(C)N)ccc21. The molecule has 1 aromatic heterocycles. The summed E-state index contributed by atoms with van der Waals surface area (Å²) in [5, 5.41) is 0. The zero-order valence-electron chi connectivity index (χ0n) is 10.5. The van der Waals surface area contributed by atoms with Gasteiger partial charge in [0.05, 0.1) is 11.6 Å². The molecule has 0 radical (unpaired) electrons. The number of nitrogens with two attached hydrogens (primary N) is 1. The second-order valence-corrected chi connectivity index (χ2v) is 4.36. The first-order chi connectivity index (χ1) is 8.54.